The van der Waals surface area contributed by atoms with E-state index in [2.05, 4.69) is 0 Å². The molecule has 5 rings (SSSR count). The Morgan fingerprint density at radius 2 is 2.03 bits per heavy atom. The van der Waals surface area contributed by atoms with E-state index in [0.29, 0.717) is 40.0 Å². The van der Waals surface area contributed by atoms with E-state index in [9.17, 15) is 19.8 Å². The van der Waals surface area contributed by atoms with Crippen LogP contribution in [0.25, 0.3) is 22.3 Å². The first-order valence-corrected chi connectivity index (χ1v) is 9.70. The first-order valence-electron chi connectivity index (χ1n) is 9.70. The number of aromatic nitrogens is 2. The number of carbonyl (C=O) groups is 1. The summed E-state index contributed by atoms with van der Waals surface area (Å²) in [4.78, 5) is 30.2. The number of aromatic hydroxyl groups is 1. The van der Waals surface area contributed by atoms with Crippen molar-refractivity contribution in [2.75, 3.05) is 0 Å². The summed E-state index contributed by atoms with van der Waals surface area (Å²) in [6.07, 6.45) is 0.856. The zero-order chi connectivity index (χ0) is 20.5. The van der Waals surface area contributed by atoms with Gasteiger partial charge < -0.3 is 19.5 Å². The number of esters is 1. The van der Waals surface area contributed by atoms with Crippen LogP contribution in [-0.4, -0.2) is 25.7 Å². The number of ether oxygens (including phenoxy) is 1. The van der Waals surface area contributed by atoms with E-state index >= 15 is 0 Å². The standard InChI is InChI=1S/C22H20N2O5/c1-3-11-5-6-17(25)13-7-12-9-24-16(19(12)23-18(11)13)8-15-14(20(24)26)10-29-21(27)22(15,28)4-2/h5-8,25,28H,3-4,9-10H2,1-2H3. The van der Waals surface area contributed by atoms with Gasteiger partial charge in [0.15, 0.2) is 5.60 Å². The topological polar surface area (TPSA) is 102 Å². The molecule has 0 saturated carbocycles. The second kappa shape index (κ2) is 5.90. The number of phenols is 1. The first kappa shape index (κ1) is 17.9. The molecule has 0 spiro atoms. The number of carbonyl (C=O) groups excluding carboxylic acids is 1. The molecule has 0 fully saturated rings. The number of benzene rings is 1. The van der Waals surface area contributed by atoms with Gasteiger partial charge in [0.25, 0.3) is 5.56 Å². The molecule has 2 N–H and O–H groups in total. The summed E-state index contributed by atoms with van der Waals surface area (Å²) in [6, 6.07) is 7.06. The van der Waals surface area contributed by atoms with Crippen LogP contribution in [0.3, 0.4) is 0 Å². The molecule has 3 aromatic rings. The van der Waals surface area contributed by atoms with Gasteiger partial charge in [-0.15, -0.1) is 0 Å². The van der Waals surface area contributed by atoms with Crippen molar-refractivity contribution in [1.29, 1.82) is 0 Å². The van der Waals surface area contributed by atoms with Gasteiger partial charge in [-0.05, 0) is 36.6 Å². The van der Waals surface area contributed by atoms with Crippen LogP contribution < -0.4 is 5.56 Å². The third-order valence-corrected chi connectivity index (χ3v) is 6.12. The molecule has 2 aliphatic heterocycles. The molecular formula is C22H20N2O5. The van der Waals surface area contributed by atoms with Crippen LogP contribution in [0.2, 0.25) is 0 Å². The summed E-state index contributed by atoms with van der Waals surface area (Å²) in [5.41, 5.74) is 2.16. The average molecular weight is 392 g/mol. The lowest BCUT2D eigenvalue weighted by molar-refractivity contribution is -0.172. The molecule has 4 heterocycles. The summed E-state index contributed by atoms with van der Waals surface area (Å²) in [6.45, 7) is 3.86. The number of rotatable bonds is 2. The van der Waals surface area contributed by atoms with E-state index in [1.807, 2.05) is 19.1 Å². The molecule has 0 amide bonds. The zero-order valence-corrected chi connectivity index (χ0v) is 16.2. The van der Waals surface area contributed by atoms with E-state index in [1.165, 1.54) is 0 Å². The van der Waals surface area contributed by atoms with Gasteiger partial charge in [0, 0.05) is 16.5 Å². The number of hydrogen-bond donors (Lipinski definition) is 2. The van der Waals surface area contributed by atoms with Gasteiger partial charge in [-0.3, -0.25) is 4.79 Å². The molecule has 7 heteroatoms. The maximum atomic E-state index is 13.2. The van der Waals surface area contributed by atoms with Crippen molar-refractivity contribution < 1.29 is 19.7 Å². The lowest BCUT2D eigenvalue weighted by atomic mass is 9.86. The Bertz CT molecular complexity index is 1280. The van der Waals surface area contributed by atoms with Crippen molar-refractivity contribution in [3.8, 4) is 17.1 Å². The van der Waals surface area contributed by atoms with Crippen LogP contribution in [0.4, 0.5) is 0 Å². The molecule has 1 atom stereocenters. The molecule has 0 bridgehead atoms. The Labute approximate surface area is 166 Å². The summed E-state index contributed by atoms with van der Waals surface area (Å²) in [5.74, 6) is -0.589. The lowest BCUT2D eigenvalue weighted by Gasteiger charge is -2.31. The highest BCUT2D eigenvalue weighted by Gasteiger charge is 2.45. The highest BCUT2D eigenvalue weighted by molar-refractivity contribution is 5.91. The number of aliphatic hydroxyl groups is 1. The van der Waals surface area contributed by atoms with Gasteiger partial charge in [0.2, 0.25) is 0 Å². The molecule has 1 unspecified atom stereocenters. The van der Waals surface area contributed by atoms with E-state index < -0.39 is 11.6 Å². The SMILES string of the molecule is CCc1ccc(O)c2cc3c(nc12)-c1cc2c(c(=O)n1C3)COC(=O)C2(O)CC. The molecule has 0 aliphatic carbocycles. The fourth-order valence-electron chi connectivity index (χ4n) is 4.39. The molecule has 29 heavy (non-hydrogen) atoms. The highest BCUT2D eigenvalue weighted by atomic mass is 16.6. The minimum atomic E-state index is -1.84. The van der Waals surface area contributed by atoms with Crippen LogP contribution in [-0.2, 0) is 34.7 Å². The molecule has 0 saturated heterocycles. The number of cyclic esters (lactones) is 1. The molecule has 2 aromatic heterocycles. The summed E-state index contributed by atoms with van der Waals surface area (Å²) >= 11 is 0. The van der Waals surface area contributed by atoms with Crippen LogP contribution in [0.15, 0.2) is 29.1 Å². The van der Waals surface area contributed by atoms with Gasteiger partial charge in [-0.25, -0.2) is 9.78 Å². The molecule has 2 aliphatic rings. The fourth-order valence-corrected chi connectivity index (χ4v) is 4.39. The van der Waals surface area contributed by atoms with Crippen molar-refractivity contribution >= 4 is 16.9 Å². The summed E-state index contributed by atoms with van der Waals surface area (Å²) in [7, 11) is 0. The smallest absolute Gasteiger partial charge is 0.343 e. The van der Waals surface area contributed by atoms with Gasteiger partial charge in [-0.2, -0.15) is 0 Å². The van der Waals surface area contributed by atoms with Crippen molar-refractivity contribution in [2.45, 2.75) is 45.4 Å². The number of hydrogen-bond acceptors (Lipinski definition) is 6. The van der Waals surface area contributed by atoms with Gasteiger partial charge in [-0.1, -0.05) is 19.9 Å². The number of pyridine rings is 2. The van der Waals surface area contributed by atoms with Crippen molar-refractivity contribution in [3.05, 3.63) is 56.9 Å². The Hall–Kier alpha value is -3.19. The number of fused-ring (bicyclic) bond motifs is 5. The number of phenolic OH excluding ortho intramolecular Hbond substituents is 1. The summed E-state index contributed by atoms with van der Waals surface area (Å²) in [5, 5.41) is 21.9. The van der Waals surface area contributed by atoms with Crippen LogP contribution in [0.1, 0.15) is 42.5 Å². The van der Waals surface area contributed by atoms with E-state index in [-0.39, 0.29) is 24.3 Å². The molecule has 0 radical (unpaired) electrons. The van der Waals surface area contributed by atoms with Crippen molar-refractivity contribution in [3.63, 3.8) is 0 Å². The van der Waals surface area contributed by atoms with E-state index in [0.717, 1.165) is 17.5 Å². The largest absolute Gasteiger partial charge is 0.507 e. The van der Waals surface area contributed by atoms with Crippen LogP contribution in [0.5, 0.6) is 5.75 Å². The maximum Gasteiger partial charge on any atom is 0.343 e. The Balaban J connectivity index is 1.82. The van der Waals surface area contributed by atoms with Crippen molar-refractivity contribution in [1.82, 2.24) is 9.55 Å². The van der Waals surface area contributed by atoms with Gasteiger partial charge >= 0.3 is 5.97 Å². The Morgan fingerprint density at radius 1 is 1.24 bits per heavy atom. The van der Waals surface area contributed by atoms with Crippen LogP contribution in [0, 0.1) is 0 Å². The average Bonchev–Trinajstić information content (AvgIpc) is 3.09. The zero-order valence-electron chi connectivity index (χ0n) is 16.2. The van der Waals surface area contributed by atoms with E-state index in [4.69, 9.17) is 9.72 Å². The van der Waals surface area contributed by atoms with E-state index in [1.54, 1.807) is 23.6 Å². The Kier molecular flexibility index (Phi) is 3.64. The minimum Gasteiger partial charge on any atom is -0.507 e. The normalized spacial score (nSPS) is 19.6. The quantitative estimate of drug-likeness (QED) is 0.508. The maximum absolute atomic E-state index is 13.2. The molecule has 1 aromatic carbocycles. The lowest BCUT2D eigenvalue weighted by Crippen LogP contribution is -2.44. The molecule has 148 valence electrons. The second-order valence-corrected chi connectivity index (χ2v) is 7.59. The Morgan fingerprint density at radius 3 is 2.76 bits per heavy atom. The number of nitrogens with zero attached hydrogens (tertiary/aromatic N) is 2. The first-order chi connectivity index (χ1) is 13.9. The highest BCUT2D eigenvalue weighted by Crippen LogP contribution is 2.39. The molecule has 7 nitrogen and oxygen atoms in total. The van der Waals surface area contributed by atoms with Gasteiger partial charge in [0.05, 0.1) is 29.0 Å². The van der Waals surface area contributed by atoms with Gasteiger partial charge in [0.1, 0.15) is 12.4 Å². The van der Waals surface area contributed by atoms with Crippen LogP contribution >= 0.6 is 0 Å². The molecular weight excluding hydrogens is 372 g/mol. The monoisotopic (exact) mass is 392 g/mol. The third kappa shape index (κ3) is 2.25. The fraction of sp³-hybridized carbons (Fsp3) is 0.318. The number of aryl methyl sites for hydroxylation is 1. The van der Waals surface area contributed by atoms with Crippen molar-refractivity contribution in [2.24, 2.45) is 0 Å². The third-order valence-electron chi connectivity index (χ3n) is 6.12. The predicted octanol–water partition coefficient (Wildman–Crippen LogP) is 2.35. The summed E-state index contributed by atoms with van der Waals surface area (Å²) < 4.78 is 6.68. The minimum absolute atomic E-state index is 0.105. The second-order valence-electron chi connectivity index (χ2n) is 7.59. The predicted molar refractivity (Wildman–Crippen MR) is 106 cm³/mol.